The Labute approximate surface area is 156 Å². The van der Waals surface area contributed by atoms with E-state index in [0.29, 0.717) is 11.3 Å². The summed E-state index contributed by atoms with van der Waals surface area (Å²) in [6, 6.07) is 14.5. The van der Waals surface area contributed by atoms with Gasteiger partial charge in [-0.05, 0) is 35.9 Å². The molecule has 3 rings (SSSR count). The minimum absolute atomic E-state index is 0.168. The van der Waals surface area contributed by atoms with Gasteiger partial charge in [0.25, 0.3) is 11.1 Å². The highest BCUT2D eigenvalue weighted by atomic mass is 32.2. The minimum Gasteiger partial charge on any atom is -0.378 e. The van der Waals surface area contributed by atoms with E-state index in [1.807, 2.05) is 37.2 Å². The second kappa shape index (κ2) is 7.61. The largest absolute Gasteiger partial charge is 0.378 e. The van der Waals surface area contributed by atoms with Crippen molar-refractivity contribution in [2.75, 3.05) is 30.1 Å². The first-order chi connectivity index (χ1) is 12.4. The molecule has 134 valence electrons. The van der Waals surface area contributed by atoms with Crippen molar-refractivity contribution in [2.45, 2.75) is 6.54 Å². The number of imide groups is 1. The summed E-state index contributed by atoms with van der Waals surface area (Å²) >= 11 is 1.02. The van der Waals surface area contributed by atoms with Crippen molar-refractivity contribution in [1.82, 2.24) is 4.90 Å². The second-order valence-corrected chi connectivity index (χ2v) is 7.06. The summed E-state index contributed by atoms with van der Waals surface area (Å²) in [5.74, 6) is -0.153. The van der Waals surface area contributed by atoms with Gasteiger partial charge in [0.15, 0.2) is 0 Å². The molecule has 1 aliphatic heterocycles. The van der Waals surface area contributed by atoms with Crippen LogP contribution in [0.5, 0.6) is 0 Å². The average Bonchev–Trinajstić information content (AvgIpc) is 2.95. The monoisotopic (exact) mass is 369 g/mol. The molecule has 6 nitrogen and oxygen atoms in total. The van der Waals surface area contributed by atoms with Crippen molar-refractivity contribution in [3.8, 4) is 0 Å². The lowest BCUT2D eigenvalue weighted by Gasteiger charge is -2.14. The number of nitrogens with zero attached hydrogens (tertiary/aromatic N) is 2. The van der Waals surface area contributed by atoms with Gasteiger partial charge in [0.2, 0.25) is 5.91 Å². The fourth-order valence-electron chi connectivity index (χ4n) is 2.54. The van der Waals surface area contributed by atoms with E-state index in [4.69, 9.17) is 0 Å². The third kappa shape index (κ3) is 4.05. The van der Waals surface area contributed by atoms with Gasteiger partial charge < -0.3 is 10.2 Å². The van der Waals surface area contributed by atoms with Crippen LogP contribution in [0, 0.1) is 0 Å². The van der Waals surface area contributed by atoms with Crippen LogP contribution in [0.15, 0.2) is 48.5 Å². The van der Waals surface area contributed by atoms with E-state index >= 15 is 0 Å². The summed E-state index contributed by atoms with van der Waals surface area (Å²) in [5, 5.41) is 2.64. The molecule has 0 spiro atoms. The third-order valence-electron chi connectivity index (χ3n) is 4.02. The minimum atomic E-state index is -0.215. The van der Waals surface area contributed by atoms with Crippen molar-refractivity contribution in [3.05, 3.63) is 59.7 Å². The van der Waals surface area contributed by atoms with Gasteiger partial charge in [0.05, 0.1) is 12.3 Å². The number of carbonyl (C=O) groups is 3. The van der Waals surface area contributed by atoms with Gasteiger partial charge in [0, 0.05) is 31.0 Å². The maximum Gasteiger partial charge on any atom is 0.289 e. The van der Waals surface area contributed by atoms with Crippen molar-refractivity contribution in [3.63, 3.8) is 0 Å². The highest BCUT2D eigenvalue weighted by Crippen LogP contribution is 2.22. The van der Waals surface area contributed by atoms with E-state index in [1.54, 1.807) is 30.3 Å². The Balaban J connectivity index is 1.65. The highest BCUT2D eigenvalue weighted by molar-refractivity contribution is 8.14. The third-order valence-corrected chi connectivity index (χ3v) is 4.88. The molecule has 0 aromatic heterocycles. The molecule has 7 heteroatoms. The lowest BCUT2D eigenvalue weighted by atomic mass is 10.1. The summed E-state index contributed by atoms with van der Waals surface area (Å²) in [4.78, 5) is 38.9. The molecular weight excluding hydrogens is 350 g/mol. The van der Waals surface area contributed by atoms with Crippen LogP contribution in [0.1, 0.15) is 15.9 Å². The van der Waals surface area contributed by atoms with Gasteiger partial charge in [-0.15, -0.1) is 0 Å². The molecule has 26 heavy (non-hydrogen) atoms. The fraction of sp³-hybridized carbons (Fsp3) is 0.211. The van der Waals surface area contributed by atoms with Crippen LogP contribution in [0.3, 0.4) is 0 Å². The molecule has 1 aliphatic rings. The zero-order valence-corrected chi connectivity index (χ0v) is 15.4. The van der Waals surface area contributed by atoms with Crippen LogP contribution in [-0.2, 0) is 11.3 Å². The highest BCUT2D eigenvalue weighted by Gasteiger charge is 2.29. The maximum absolute atomic E-state index is 12.4. The topological polar surface area (TPSA) is 69.7 Å². The predicted molar refractivity (Wildman–Crippen MR) is 104 cm³/mol. The molecule has 1 N–H and O–H groups in total. The van der Waals surface area contributed by atoms with Gasteiger partial charge in [-0.25, -0.2) is 0 Å². The Hall–Kier alpha value is -2.80. The lowest BCUT2D eigenvalue weighted by Crippen LogP contribution is -2.27. The van der Waals surface area contributed by atoms with Crippen LogP contribution < -0.4 is 10.2 Å². The smallest absolute Gasteiger partial charge is 0.289 e. The molecule has 1 heterocycles. The summed E-state index contributed by atoms with van der Waals surface area (Å²) in [7, 11) is 3.84. The summed E-state index contributed by atoms with van der Waals surface area (Å²) in [5.41, 5.74) is 3.01. The number of anilines is 2. The summed E-state index contributed by atoms with van der Waals surface area (Å²) in [6.45, 7) is 0.254. The lowest BCUT2D eigenvalue weighted by molar-refractivity contribution is -0.125. The number of benzene rings is 2. The molecule has 0 unspecified atom stereocenters. The van der Waals surface area contributed by atoms with Gasteiger partial charge in [-0.3, -0.25) is 19.3 Å². The van der Waals surface area contributed by atoms with E-state index in [-0.39, 0.29) is 29.4 Å². The molecular formula is C19H19N3O3S. The van der Waals surface area contributed by atoms with Crippen LogP contribution >= 0.6 is 11.8 Å². The number of amides is 3. The van der Waals surface area contributed by atoms with Crippen molar-refractivity contribution in [2.24, 2.45) is 0 Å². The molecule has 2 aromatic carbocycles. The maximum atomic E-state index is 12.4. The Morgan fingerprint density at radius 1 is 1.15 bits per heavy atom. The van der Waals surface area contributed by atoms with Crippen LogP contribution in [0.25, 0.3) is 0 Å². The summed E-state index contributed by atoms with van der Waals surface area (Å²) in [6.07, 6.45) is 0. The normalized spacial score (nSPS) is 13.8. The van der Waals surface area contributed by atoms with Crippen molar-refractivity contribution < 1.29 is 14.4 Å². The number of hydrogen-bond acceptors (Lipinski definition) is 5. The number of nitrogens with one attached hydrogen (secondary N) is 1. The van der Waals surface area contributed by atoms with E-state index < -0.39 is 0 Å². The fourth-order valence-corrected chi connectivity index (χ4v) is 3.26. The molecule has 1 fully saturated rings. The van der Waals surface area contributed by atoms with Crippen LogP contribution in [0.2, 0.25) is 0 Å². The number of rotatable bonds is 5. The average molecular weight is 369 g/mol. The predicted octanol–water partition coefficient (Wildman–Crippen LogP) is 3.20. The Morgan fingerprint density at radius 2 is 1.88 bits per heavy atom. The molecule has 2 aromatic rings. The Morgan fingerprint density at radius 3 is 2.50 bits per heavy atom. The molecule has 0 aliphatic carbocycles. The van der Waals surface area contributed by atoms with E-state index in [0.717, 1.165) is 23.0 Å². The molecule has 0 saturated carbocycles. The SMILES string of the molecule is CN(C)c1cccc(C(=O)Nc2ccc(CN3C(=O)CSC3=O)cc2)c1. The second-order valence-electron chi connectivity index (χ2n) is 6.13. The Bertz CT molecular complexity index is 833. The van der Waals surface area contributed by atoms with Crippen molar-refractivity contribution in [1.29, 1.82) is 0 Å². The molecule has 0 radical (unpaired) electrons. The van der Waals surface area contributed by atoms with Gasteiger partial charge in [-0.2, -0.15) is 0 Å². The quantitative estimate of drug-likeness (QED) is 0.876. The van der Waals surface area contributed by atoms with Crippen molar-refractivity contribution >= 4 is 40.2 Å². The first-order valence-corrected chi connectivity index (χ1v) is 9.07. The first-order valence-electron chi connectivity index (χ1n) is 8.09. The van der Waals surface area contributed by atoms with Gasteiger partial charge >= 0.3 is 0 Å². The number of hydrogen-bond donors (Lipinski definition) is 1. The molecule has 1 saturated heterocycles. The molecule has 0 bridgehead atoms. The van der Waals surface area contributed by atoms with E-state index in [2.05, 4.69) is 5.32 Å². The van der Waals surface area contributed by atoms with Crippen LogP contribution in [0.4, 0.5) is 16.2 Å². The number of thioether (sulfide) groups is 1. The van der Waals surface area contributed by atoms with E-state index in [1.165, 1.54) is 4.90 Å². The zero-order chi connectivity index (χ0) is 18.7. The van der Waals surface area contributed by atoms with Gasteiger partial charge in [0.1, 0.15) is 0 Å². The number of carbonyl (C=O) groups excluding carboxylic acids is 3. The van der Waals surface area contributed by atoms with E-state index in [9.17, 15) is 14.4 Å². The standard InChI is InChI=1S/C19H19N3O3S/c1-21(2)16-5-3-4-14(10-16)18(24)20-15-8-6-13(7-9-15)11-22-17(23)12-26-19(22)25/h3-10H,11-12H2,1-2H3,(H,20,24). The first kappa shape index (κ1) is 18.0. The molecule has 3 amide bonds. The van der Waals surface area contributed by atoms with Gasteiger partial charge in [-0.1, -0.05) is 30.0 Å². The zero-order valence-electron chi connectivity index (χ0n) is 14.6. The van der Waals surface area contributed by atoms with Crippen LogP contribution in [-0.4, -0.2) is 41.8 Å². The Kier molecular flexibility index (Phi) is 5.27. The summed E-state index contributed by atoms with van der Waals surface area (Å²) < 4.78 is 0. The molecule has 0 atom stereocenters.